The van der Waals surface area contributed by atoms with Crippen molar-refractivity contribution in [1.82, 2.24) is 19.8 Å². The number of rotatable bonds is 10. The number of fused-ring (bicyclic) bond motifs is 1. The van der Waals surface area contributed by atoms with Crippen LogP contribution in [0.2, 0.25) is 0 Å². The Labute approximate surface area is 238 Å². The number of amides is 2. The van der Waals surface area contributed by atoms with Crippen molar-refractivity contribution >= 4 is 34.2 Å². The van der Waals surface area contributed by atoms with E-state index in [0.717, 1.165) is 32.7 Å². The average molecular weight is 553 g/mol. The Balaban J connectivity index is 1.32. The number of ether oxygens (including phenoxy) is 2. The summed E-state index contributed by atoms with van der Waals surface area (Å²) in [7, 11) is 2.13. The molecule has 0 atom stereocenters. The van der Waals surface area contributed by atoms with Crippen LogP contribution in [0.15, 0.2) is 85.7 Å². The highest BCUT2D eigenvalue weighted by atomic mass is 16.5. The van der Waals surface area contributed by atoms with Crippen LogP contribution in [0.5, 0.6) is 17.2 Å². The van der Waals surface area contributed by atoms with Gasteiger partial charge >= 0.3 is 0 Å². The fourth-order valence-corrected chi connectivity index (χ4v) is 4.42. The molecule has 1 saturated heterocycles. The van der Waals surface area contributed by atoms with Crippen molar-refractivity contribution in [3.8, 4) is 17.2 Å². The largest absolute Gasteiger partial charge is 0.490 e. The zero-order valence-corrected chi connectivity index (χ0v) is 22.9. The van der Waals surface area contributed by atoms with Gasteiger partial charge in [-0.1, -0.05) is 12.6 Å². The van der Waals surface area contributed by atoms with Gasteiger partial charge in [-0.25, -0.2) is 4.98 Å². The summed E-state index contributed by atoms with van der Waals surface area (Å²) in [5, 5.41) is 6.29. The Kier molecular flexibility index (Phi) is 8.82. The molecular weight excluding hydrogens is 520 g/mol. The van der Waals surface area contributed by atoms with Crippen LogP contribution in [0.1, 0.15) is 10.4 Å². The van der Waals surface area contributed by atoms with Gasteiger partial charge in [0, 0.05) is 62.1 Å². The van der Waals surface area contributed by atoms with Gasteiger partial charge in [-0.2, -0.15) is 0 Å². The molecule has 4 aromatic rings. The van der Waals surface area contributed by atoms with Crippen LogP contribution in [0.25, 0.3) is 10.9 Å². The maximum atomic E-state index is 12.6. The standard InChI is InChI=1S/C31H32N6O4/c1-3-30(38)34-26-20-24-25(21-28(26)40-19-18-37-16-14-36(2)15-17-37)32-13-11-27(24)41-23-9-7-22(8-10-23)31(39)35-29-6-4-5-12-33-29/h3-13,20-21H,1,14-19H2,2H3,(H,34,38)(H,33,35,39). The molecule has 0 bridgehead atoms. The highest BCUT2D eigenvalue weighted by Crippen LogP contribution is 2.36. The maximum absolute atomic E-state index is 12.6. The lowest BCUT2D eigenvalue weighted by Gasteiger charge is -2.32. The summed E-state index contributed by atoms with van der Waals surface area (Å²) in [6.07, 6.45) is 4.48. The molecule has 1 fully saturated rings. The number of likely N-dealkylation sites (N-methyl/N-ethyl adjacent to an activating group) is 1. The van der Waals surface area contributed by atoms with Crippen molar-refractivity contribution in [3.63, 3.8) is 0 Å². The predicted octanol–water partition coefficient (Wildman–Crippen LogP) is 4.43. The van der Waals surface area contributed by atoms with Crippen molar-refractivity contribution in [2.75, 3.05) is 57.0 Å². The molecule has 0 aliphatic carbocycles. The van der Waals surface area contributed by atoms with E-state index in [-0.39, 0.29) is 11.8 Å². The molecule has 0 radical (unpaired) electrons. The number of piperazine rings is 1. The fraction of sp³-hybridized carbons (Fsp3) is 0.226. The first kappa shape index (κ1) is 27.8. The first-order valence-electron chi connectivity index (χ1n) is 13.4. The SMILES string of the molecule is C=CC(=O)Nc1cc2c(Oc3ccc(C(=O)Nc4ccccn4)cc3)ccnc2cc1OCCN1CCN(C)CC1. The minimum absolute atomic E-state index is 0.271. The Morgan fingerprint density at radius 2 is 1.76 bits per heavy atom. The number of hydrogen-bond acceptors (Lipinski definition) is 8. The molecule has 2 aromatic carbocycles. The summed E-state index contributed by atoms with van der Waals surface area (Å²) < 4.78 is 12.3. The molecule has 1 aliphatic rings. The minimum atomic E-state index is -0.348. The molecule has 0 unspecified atom stereocenters. The van der Waals surface area contributed by atoms with E-state index in [4.69, 9.17) is 9.47 Å². The molecule has 2 amide bonds. The zero-order chi connectivity index (χ0) is 28.6. The number of pyridine rings is 2. The normalized spacial score (nSPS) is 13.9. The van der Waals surface area contributed by atoms with E-state index in [1.807, 2.05) is 0 Å². The summed E-state index contributed by atoms with van der Waals surface area (Å²) in [5.74, 6) is 1.46. The van der Waals surface area contributed by atoms with E-state index in [9.17, 15) is 9.59 Å². The molecule has 10 nitrogen and oxygen atoms in total. The third kappa shape index (κ3) is 7.24. The van der Waals surface area contributed by atoms with Crippen molar-refractivity contribution in [3.05, 3.63) is 91.3 Å². The Hall–Kier alpha value is -4.80. The lowest BCUT2D eigenvalue weighted by atomic mass is 10.1. The summed E-state index contributed by atoms with van der Waals surface area (Å²) in [4.78, 5) is 38.1. The Morgan fingerprint density at radius 3 is 2.49 bits per heavy atom. The highest BCUT2D eigenvalue weighted by Gasteiger charge is 2.16. The second-order valence-electron chi connectivity index (χ2n) is 9.66. The topological polar surface area (TPSA) is 109 Å². The van der Waals surface area contributed by atoms with Gasteiger partial charge < -0.3 is 25.0 Å². The third-order valence-corrected chi connectivity index (χ3v) is 6.76. The number of nitrogens with zero attached hydrogens (tertiary/aromatic N) is 4. The van der Waals surface area contributed by atoms with Crippen molar-refractivity contribution in [2.24, 2.45) is 0 Å². The zero-order valence-electron chi connectivity index (χ0n) is 22.9. The number of carbonyl (C=O) groups is 2. The maximum Gasteiger partial charge on any atom is 0.256 e. The molecule has 1 aliphatic heterocycles. The number of carbonyl (C=O) groups excluding carboxylic acids is 2. The van der Waals surface area contributed by atoms with Crippen LogP contribution in [0, 0.1) is 0 Å². The summed E-state index contributed by atoms with van der Waals surface area (Å²) in [6, 6.07) is 17.4. The van der Waals surface area contributed by atoms with Gasteiger partial charge in [0.2, 0.25) is 5.91 Å². The fourth-order valence-electron chi connectivity index (χ4n) is 4.42. The van der Waals surface area contributed by atoms with Crippen LogP contribution in [0.3, 0.4) is 0 Å². The number of hydrogen-bond donors (Lipinski definition) is 2. The van der Waals surface area contributed by atoms with E-state index in [1.165, 1.54) is 6.08 Å². The molecule has 2 N–H and O–H groups in total. The van der Waals surface area contributed by atoms with Gasteiger partial charge in [-0.3, -0.25) is 19.5 Å². The van der Waals surface area contributed by atoms with Gasteiger partial charge in [-0.15, -0.1) is 0 Å². The first-order valence-corrected chi connectivity index (χ1v) is 13.4. The van der Waals surface area contributed by atoms with Crippen LogP contribution in [0.4, 0.5) is 11.5 Å². The first-order chi connectivity index (χ1) is 20.0. The number of aromatic nitrogens is 2. The average Bonchev–Trinajstić information content (AvgIpc) is 2.99. The quantitative estimate of drug-likeness (QED) is 0.278. The van der Waals surface area contributed by atoms with E-state index in [2.05, 4.69) is 44.0 Å². The second-order valence-corrected chi connectivity index (χ2v) is 9.66. The smallest absolute Gasteiger partial charge is 0.256 e. The lowest BCUT2D eigenvalue weighted by Crippen LogP contribution is -2.45. The van der Waals surface area contributed by atoms with E-state index in [1.54, 1.807) is 73.1 Å². The molecular formula is C31H32N6O4. The van der Waals surface area contributed by atoms with Gasteiger partial charge in [0.05, 0.1) is 11.2 Å². The van der Waals surface area contributed by atoms with Gasteiger partial charge in [0.25, 0.3) is 5.91 Å². The Morgan fingerprint density at radius 1 is 0.951 bits per heavy atom. The minimum Gasteiger partial charge on any atom is -0.490 e. The molecule has 5 rings (SSSR count). The number of nitrogens with one attached hydrogen (secondary N) is 2. The molecule has 3 heterocycles. The van der Waals surface area contributed by atoms with E-state index in [0.29, 0.717) is 51.8 Å². The molecule has 0 spiro atoms. The number of benzene rings is 2. The predicted molar refractivity (Wildman–Crippen MR) is 159 cm³/mol. The summed E-state index contributed by atoms with van der Waals surface area (Å²) in [5.41, 5.74) is 1.62. The second kappa shape index (κ2) is 13.0. The molecule has 2 aromatic heterocycles. The summed E-state index contributed by atoms with van der Waals surface area (Å²) >= 11 is 0. The van der Waals surface area contributed by atoms with Gasteiger partial charge in [-0.05, 0) is 61.7 Å². The van der Waals surface area contributed by atoms with Crippen LogP contribution >= 0.6 is 0 Å². The molecule has 41 heavy (non-hydrogen) atoms. The van der Waals surface area contributed by atoms with Gasteiger partial charge in [0.1, 0.15) is 29.7 Å². The monoisotopic (exact) mass is 552 g/mol. The molecule has 210 valence electrons. The van der Waals surface area contributed by atoms with E-state index >= 15 is 0 Å². The van der Waals surface area contributed by atoms with Crippen LogP contribution < -0.4 is 20.1 Å². The highest BCUT2D eigenvalue weighted by molar-refractivity contribution is 6.04. The Bertz CT molecular complexity index is 1520. The number of anilines is 2. The van der Waals surface area contributed by atoms with Crippen LogP contribution in [-0.4, -0.2) is 78.0 Å². The van der Waals surface area contributed by atoms with Crippen molar-refractivity contribution in [1.29, 1.82) is 0 Å². The van der Waals surface area contributed by atoms with E-state index < -0.39 is 0 Å². The molecule has 0 saturated carbocycles. The van der Waals surface area contributed by atoms with Crippen molar-refractivity contribution in [2.45, 2.75) is 0 Å². The summed E-state index contributed by atoms with van der Waals surface area (Å²) in [6.45, 7) is 8.88. The van der Waals surface area contributed by atoms with Gasteiger partial charge in [0.15, 0.2) is 0 Å². The lowest BCUT2D eigenvalue weighted by molar-refractivity contribution is -0.111. The van der Waals surface area contributed by atoms with Crippen LogP contribution in [-0.2, 0) is 4.79 Å². The molecule has 10 heteroatoms. The van der Waals surface area contributed by atoms with Crippen molar-refractivity contribution < 1.29 is 19.1 Å². The third-order valence-electron chi connectivity index (χ3n) is 6.76.